The van der Waals surface area contributed by atoms with Crippen LogP contribution in [0.2, 0.25) is 0 Å². The van der Waals surface area contributed by atoms with E-state index in [4.69, 9.17) is 14.5 Å². The number of carbonyl (C=O) groups excluding carboxylic acids is 2. The molecule has 0 saturated carbocycles. The smallest absolute Gasteiger partial charge is 0.413 e. The quantitative estimate of drug-likeness (QED) is 0.454. The largest absolute Gasteiger partial charge is 0.453 e. The summed E-state index contributed by atoms with van der Waals surface area (Å²) >= 11 is 0. The predicted octanol–water partition coefficient (Wildman–Crippen LogP) is 1.72. The van der Waals surface area contributed by atoms with Gasteiger partial charge in [0.05, 0.1) is 26.4 Å². The average Bonchev–Trinajstić information content (AvgIpc) is 2.79. The molecule has 2 amide bonds. The van der Waals surface area contributed by atoms with E-state index in [0.717, 1.165) is 26.1 Å². The van der Waals surface area contributed by atoms with Crippen molar-refractivity contribution < 1.29 is 19.1 Å². The first-order chi connectivity index (χ1) is 15.6. The molecule has 186 valence electrons. The van der Waals surface area contributed by atoms with Crippen molar-refractivity contribution in [3.8, 4) is 6.07 Å². The summed E-state index contributed by atoms with van der Waals surface area (Å²) in [6, 6.07) is 1.60. The maximum Gasteiger partial charge on any atom is 0.413 e. The van der Waals surface area contributed by atoms with E-state index in [1.807, 2.05) is 25.7 Å². The van der Waals surface area contributed by atoms with Crippen molar-refractivity contribution in [1.82, 2.24) is 20.4 Å². The molecule has 2 saturated heterocycles. The van der Waals surface area contributed by atoms with Gasteiger partial charge < -0.3 is 24.6 Å². The summed E-state index contributed by atoms with van der Waals surface area (Å²) < 4.78 is 10.2. The lowest BCUT2D eigenvalue weighted by Gasteiger charge is -2.38. The van der Waals surface area contributed by atoms with Crippen molar-refractivity contribution in [3.63, 3.8) is 0 Å². The van der Waals surface area contributed by atoms with Crippen LogP contribution in [-0.4, -0.2) is 92.4 Å². The number of ether oxygens (including phenoxy) is 2. The molecule has 0 spiro atoms. The summed E-state index contributed by atoms with van der Waals surface area (Å²) in [5, 5.41) is 15.6. The van der Waals surface area contributed by atoms with Crippen LogP contribution in [0.5, 0.6) is 0 Å². The second kappa shape index (κ2) is 12.2. The third-order valence-corrected chi connectivity index (χ3v) is 5.92. The number of nitrogens with zero attached hydrogens (tertiary/aromatic N) is 4. The van der Waals surface area contributed by atoms with Crippen molar-refractivity contribution in [2.45, 2.75) is 65.0 Å². The van der Waals surface area contributed by atoms with Gasteiger partial charge in [0.2, 0.25) is 11.9 Å². The molecule has 0 aromatic carbocycles. The number of nitriles is 1. The Morgan fingerprint density at radius 1 is 1.21 bits per heavy atom. The fourth-order valence-corrected chi connectivity index (χ4v) is 4.09. The number of methoxy groups -OCH3 is 1. The van der Waals surface area contributed by atoms with Crippen LogP contribution in [0.25, 0.3) is 0 Å². The zero-order valence-corrected chi connectivity index (χ0v) is 20.8. The SMILES string of the molecule is CCCN1CCC(C#N)(NC(=O)C(CC(C)(C)C)N=C(NC(=O)OC)N2CCOCC2)CC1. The molecule has 2 N–H and O–H groups in total. The van der Waals surface area contributed by atoms with Gasteiger partial charge in [-0.3, -0.25) is 10.1 Å². The second-order valence-corrected chi connectivity index (χ2v) is 9.97. The minimum absolute atomic E-state index is 0.197. The summed E-state index contributed by atoms with van der Waals surface area (Å²) in [7, 11) is 1.28. The normalized spacial score (nSPS) is 20.5. The van der Waals surface area contributed by atoms with Gasteiger partial charge in [-0.05, 0) is 37.6 Å². The van der Waals surface area contributed by atoms with Gasteiger partial charge in [0.25, 0.3) is 0 Å². The van der Waals surface area contributed by atoms with Crippen molar-refractivity contribution in [2.75, 3.05) is 53.0 Å². The number of hydrogen-bond donors (Lipinski definition) is 2. The molecule has 2 rings (SSSR count). The highest BCUT2D eigenvalue weighted by Crippen LogP contribution is 2.26. The number of rotatable bonds is 6. The van der Waals surface area contributed by atoms with Crippen LogP contribution in [0.1, 0.15) is 53.4 Å². The summed E-state index contributed by atoms with van der Waals surface area (Å²) in [5.74, 6) is -0.00818. The lowest BCUT2D eigenvalue weighted by atomic mass is 9.85. The van der Waals surface area contributed by atoms with E-state index in [9.17, 15) is 14.9 Å². The van der Waals surface area contributed by atoms with Crippen molar-refractivity contribution in [1.29, 1.82) is 5.26 Å². The number of alkyl carbamates (subject to hydrolysis) is 1. The maximum atomic E-state index is 13.5. The summed E-state index contributed by atoms with van der Waals surface area (Å²) in [6.45, 7) is 12.9. The number of amides is 2. The number of carbonyl (C=O) groups is 2. The zero-order valence-electron chi connectivity index (χ0n) is 20.8. The number of hydrogen-bond acceptors (Lipinski definition) is 7. The molecule has 2 aliphatic rings. The Hall–Kier alpha value is -2.38. The molecule has 2 heterocycles. The van der Waals surface area contributed by atoms with Gasteiger partial charge in [0.1, 0.15) is 11.6 Å². The first-order valence-electron chi connectivity index (χ1n) is 11.8. The molecule has 0 aliphatic carbocycles. The highest BCUT2D eigenvalue weighted by molar-refractivity contribution is 5.96. The summed E-state index contributed by atoms with van der Waals surface area (Å²) in [4.78, 5) is 34.3. The molecule has 1 unspecified atom stereocenters. The monoisotopic (exact) mass is 464 g/mol. The van der Waals surface area contributed by atoms with Crippen LogP contribution in [-0.2, 0) is 14.3 Å². The van der Waals surface area contributed by atoms with Crippen LogP contribution in [0.15, 0.2) is 4.99 Å². The van der Waals surface area contributed by atoms with E-state index in [1.54, 1.807) is 0 Å². The molecule has 10 heteroatoms. The van der Waals surface area contributed by atoms with E-state index < -0.39 is 17.7 Å². The van der Waals surface area contributed by atoms with E-state index in [0.29, 0.717) is 51.5 Å². The molecular formula is C23H40N6O4. The van der Waals surface area contributed by atoms with Gasteiger partial charge in [-0.2, -0.15) is 5.26 Å². The van der Waals surface area contributed by atoms with Gasteiger partial charge in [0, 0.05) is 26.2 Å². The van der Waals surface area contributed by atoms with Crippen molar-refractivity contribution in [2.24, 2.45) is 10.4 Å². The minimum Gasteiger partial charge on any atom is -0.453 e. The topological polar surface area (TPSA) is 119 Å². The van der Waals surface area contributed by atoms with Gasteiger partial charge in [-0.1, -0.05) is 27.7 Å². The van der Waals surface area contributed by atoms with Crippen LogP contribution >= 0.6 is 0 Å². The number of piperidine rings is 1. The highest BCUT2D eigenvalue weighted by Gasteiger charge is 2.38. The Balaban J connectivity index is 2.26. The number of likely N-dealkylation sites (tertiary alicyclic amines) is 1. The number of aliphatic imine (C=N–C) groups is 1. The molecule has 10 nitrogen and oxygen atoms in total. The number of guanidine groups is 1. The third-order valence-electron chi connectivity index (χ3n) is 5.92. The fourth-order valence-electron chi connectivity index (χ4n) is 4.09. The summed E-state index contributed by atoms with van der Waals surface area (Å²) in [6.07, 6.45) is 2.03. The van der Waals surface area contributed by atoms with E-state index >= 15 is 0 Å². The molecule has 1 atom stereocenters. The third kappa shape index (κ3) is 8.48. The van der Waals surface area contributed by atoms with Gasteiger partial charge in [-0.15, -0.1) is 0 Å². The molecule has 0 aromatic rings. The Kier molecular flexibility index (Phi) is 9.92. The molecule has 2 aliphatic heterocycles. The first kappa shape index (κ1) is 26.9. The van der Waals surface area contributed by atoms with Gasteiger partial charge in [0.15, 0.2) is 0 Å². The molecule has 2 fully saturated rings. The Morgan fingerprint density at radius 3 is 2.36 bits per heavy atom. The Morgan fingerprint density at radius 2 is 1.85 bits per heavy atom. The molecule has 0 aromatic heterocycles. The van der Waals surface area contributed by atoms with Gasteiger partial charge in [-0.25, -0.2) is 9.79 Å². The van der Waals surface area contributed by atoms with E-state index in [-0.39, 0.29) is 11.3 Å². The molecule has 33 heavy (non-hydrogen) atoms. The zero-order chi connectivity index (χ0) is 24.5. The Bertz CT molecular complexity index is 728. The van der Waals surface area contributed by atoms with Gasteiger partial charge >= 0.3 is 6.09 Å². The van der Waals surface area contributed by atoms with E-state index in [2.05, 4.69) is 28.5 Å². The summed E-state index contributed by atoms with van der Waals surface area (Å²) in [5.41, 5.74) is -1.10. The van der Waals surface area contributed by atoms with Crippen LogP contribution in [0.3, 0.4) is 0 Å². The second-order valence-electron chi connectivity index (χ2n) is 9.97. The Labute approximate surface area is 197 Å². The first-order valence-corrected chi connectivity index (χ1v) is 11.8. The number of nitrogens with one attached hydrogen (secondary N) is 2. The molecular weight excluding hydrogens is 424 g/mol. The van der Waals surface area contributed by atoms with Crippen LogP contribution in [0.4, 0.5) is 4.79 Å². The van der Waals surface area contributed by atoms with E-state index in [1.165, 1.54) is 7.11 Å². The molecule has 0 bridgehead atoms. The van der Waals surface area contributed by atoms with Crippen molar-refractivity contribution in [3.05, 3.63) is 0 Å². The maximum absolute atomic E-state index is 13.5. The highest BCUT2D eigenvalue weighted by atomic mass is 16.5. The predicted molar refractivity (Wildman–Crippen MR) is 126 cm³/mol. The lowest BCUT2D eigenvalue weighted by Crippen LogP contribution is -2.57. The van der Waals surface area contributed by atoms with Crippen LogP contribution in [0, 0.1) is 16.7 Å². The average molecular weight is 465 g/mol. The van der Waals surface area contributed by atoms with Crippen molar-refractivity contribution >= 4 is 18.0 Å². The lowest BCUT2D eigenvalue weighted by molar-refractivity contribution is -0.124. The van der Waals surface area contributed by atoms with Crippen LogP contribution < -0.4 is 10.6 Å². The standard InChI is InChI=1S/C23H40N6O4/c1-6-9-28-10-7-23(17-24,8-11-28)27-19(30)18(16-22(2,3)4)25-20(26-21(31)32-5)29-12-14-33-15-13-29/h18H,6-16H2,1-5H3,(H,27,30)(H,25,26,31). The minimum atomic E-state index is -0.901. The molecule has 0 radical (unpaired) electrons. The number of morpholine rings is 1. The fraction of sp³-hybridized carbons (Fsp3) is 0.826.